The second kappa shape index (κ2) is 8.32. The van der Waals surface area contributed by atoms with E-state index in [1.165, 1.54) is 41.9 Å². The molecule has 1 aromatic heterocycles. The zero-order valence-electron chi connectivity index (χ0n) is 15.0. The third kappa shape index (κ3) is 5.12. The summed E-state index contributed by atoms with van der Waals surface area (Å²) in [5.41, 5.74) is 2.56. The van der Waals surface area contributed by atoms with Gasteiger partial charge < -0.3 is 5.32 Å². The molecule has 0 aliphatic rings. The van der Waals surface area contributed by atoms with Crippen molar-refractivity contribution in [3.05, 3.63) is 74.5 Å². The predicted octanol–water partition coefficient (Wildman–Crippen LogP) is 2.09. The fraction of sp³-hybridized carbons (Fsp3) is 0.118. The summed E-state index contributed by atoms with van der Waals surface area (Å²) >= 11 is 0.979. The minimum atomic E-state index is -3.95. The molecule has 0 atom stereocenters. The van der Waals surface area contributed by atoms with Gasteiger partial charge in [0.15, 0.2) is 0 Å². The minimum Gasteiger partial charge on any atom is -0.324 e. The molecule has 0 bridgehead atoms. The fourth-order valence-corrected chi connectivity index (χ4v) is 4.12. The van der Waals surface area contributed by atoms with Gasteiger partial charge >= 0.3 is 0 Å². The Morgan fingerprint density at radius 1 is 1.21 bits per heavy atom. The number of nitrogens with zero attached hydrogens (tertiary/aromatic N) is 4. The van der Waals surface area contributed by atoms with E-state index in [2.05, 4.69) is 14.8 Å². The molecule has 10 nitrogen and oxygen atoms in total. The SMILES string of the molecule is Cc1ccc(S(=O)(=O)/N=c2\scnn2CC(=O)Nc2ccc([N+](=O)[O-])cc2)cc1. The number of anilines is 1. The normalized spacial score (nSPS) is 12.0. The molecule has 3 rings (SSSR count). The van der Waals surface area contributed by atoms with Crippen molar-refractivity contribution in [2.45, 2.75) is 18.4 Å². The number of aryl methyl sites for hydroxylation is 1. The van der Waals surface area contributed by atoms with Crippen LogP contribution in [0.1, 0.15) is 5.56 Å². The van der Waals surface area contributed by atoms with Gasteiger partial charge in [-0.05, 0) is 31.2 Å². The van der Waals surface area contributed by atoms with Crippen LogP contribution in [0, 0.1) is 17.0 Å². The van der Waals surface area contributed by atoms with Crippen LogP contribution < -0.4 is 10.1 Å². The molecule has 0 saturated carbocycles. The number of carbonyl (C=O) groups excluding carboxylic acids is 1. The first-order chi connectivity index (χ1) is 13.7. The lowest BCUT2D eigenvalue weighted by atomic mass is 10.2. The summed E-state index contributed by atoms with van der Waals surface area (Å²) in [7, 11) is -3.95. The number of nitro groups is 1. The zero-order chi connectivity index (χ0) is 21.0. The van der Waals surface area contributed by atoms with Crippen molar-refractivity contribution in [1.82, 2.24) is 9.78 Å². The van der Waals surface area contributed by atoms with Crippen LogP contribution in [0.2, 0.25) is 0 Å². The van der Waals surface area contributed by atoms with E-state index < -0.39 is 20.9 Å². The minimum absolute atomic E-state index is 0.0402. The topological polar surface area (TPSA) is 137 Å². The lowest BCUT2D eigenvalue weighted by molar-refractivity contribution is -0.384. The van der Waals surface area contributed by atoms with E-state index in [0.29, 0.717) is 5.69 Å². The van der Waals surface area contributed by atoms with Crippen molar-refractivity contribution < 1.29 is 18.1 Å². The Morgan fingerprint density at radius 2 is 1.86 bits per heavy atom. The molecule has 0 spiro atoms. The Kier molecular flexibility index (Phi) is 5.84. The first-order valence-corrected chi connectivity index (χ1v) is 10.5. The molecule has 0 unspecified atom stereocenters. The standard InChI is InChI=1S/C17H15N5O5S2/c1-12-2-8-15(9-3-12)29(26,27)20-17-21(18-11-28-17)10-16(23)19-13-4-6-14(7-5-13)22(24)25/h2-9,11H,10H2,1H3,(H,19,23)/b20-17-. The van der Waals surface area contributed by atoms with Gasteiger partial charge in [0.2, 0.25) is 10.7 Å². The van der Waals surface area contributed by atoms with Gasteiger partial charge in [0.1, 0.15) is 12.1 Å². The van der Waals surface area contributed by atoms with Crippen LogP contribution in [-0.4, -0.2) is 29.0 Å². The van der Waals surface area contributed by atoms with Gasteiger partial charge in [0, 0.05) is 17.8 Å². The van der Waals surface area contributed by atoms with Gasteiger partial charge in [-0.2, -0.15) is 13.5 Å². The molecule has 1 heterocycles. The van der Waals surface area contributed by atoms with Gasteiger partial charge in [0.25, 0.3) is 15.7 Å². The average molecular weight is 433 g/mol. The van der Waals surface area contributed by atoms with Crippen LogP contribution in [0.15, 0.2) is 63.3 Å². The maximum Gasteiger partial charge on any atom is 0.285 e. The van der Waals surface area contributed by atoms with E-state index in [4.69, 9.17) is 0 Å². The van der Waals surface area contributed by atoms with Gasteiger partial charge in [-0.1, -0.05) is 29.0 Å². The summed E-state index contributed by atoms with van der Waals surface area (Å²) in [4.78, 5) is 22.4. The number of sulfonamides is 1. The van der Waals surface area contributed by atoms with Crippen LogP contribution in [0.5, 0.6) is 0 Å². The highest BCUT2D eigenvalue weighted by Gasteiger charge is 2.14. The fourth-order valence-electron chi connectivity index (χ4n) is 2.28. The van der Waals surface area contributed by atoms with E-state index >= 15 is 0 Å². The number of non-ortho nitro benzene ring substituents is 1. The lowest BCUT2D eigenvalue weighted by Crippen LogP contribution is -2.26. The second-order valence-electron chi connectivity index (χ2n) is 5.91. The van der Waals surface area contributed by atoms with Gasteiger partial charge in [-0.3, -0.25) is 14.9 Å². The Balaban J connectivity index is 1.77. The average Bonchev–Trinajstić information content (AvgIpc) is 3.08. The number of hydrogen-bond acceptors (Lipinski definition) is 7. The third-order valence-corrected chi connectivity index (χ3v) is 5.85. The number of rotatable bonds is 6. The second-order valence-corrected chi connectivity index (χ2v) is 8.33. The first-order valence-electron chi connectivity index (χ1n) is 8.17. The Hall–Kier alpha value is -3.38. The van der Waals surface area contributed by atoms with Crippen LogP contribution in [0.3, 0.4) is 0 Å². The number of hydrogen-bond donors (Lipinski definition) is 1. The van der Waals surface area contributed by atoms with E-state index in [1.807, 2.05) is 6.92 Å². The number of amides is 1. The summed E-state index contributed by atoms with van der Waals surface area (Å²) < 4.78 is 29.9. The van der Waals surface area contributed by atoms with Crippen molar-refractivity contribution in [3.8, 4) is 0 Å². The Labute approximate surface area is 169 Å². The van der Waals surface area contributed by atoms with Gasteiger partial charge in [-0.25, -0.2) is 4.68 Å². The van der Waals surface area contributed by atoms with Crippen LogP contribution in [0.4, 0.5) is 11.4 Å². The van der Waals surface area contributed by atoms with E-state index in [-0.39, 0.29) is 21.9 Å². The largest absolute Gasteiger partial charge is 0.324 e. The molecule has 29 heavy (non-hydrogen) atoms. The highest BCUT2D eigenvalue weighted by Crippen LogP contribution is 2.15. The van der Waals surface area contributed by atoms with Crippen LogP contribution in [-0.2, 0) is 21.4 Å². The highest BCUT2D eigenvalue weighted by atomic mass is 32.2. The molecule has 0 aliphatic carbocycles. The highest BCUT2D eigenvalue weighted by molar-refractivity contribution is 7.90. The summed E-state index contributed by atoms with van der Waals surface area (Å²) in [6, 6.07) is 11.6. The molecular formula is C17H15N5O5S2. The van der Waals surface area contributed by atoms with Crippen molar-refractivity contribution >= 4 is 38.6 Å². The Morgan fingerprint density at radius 3 is 2.48 bits per heavy atom. The van der Waals surface area contributed by atoms with Gasteiger partial charge in [0.05, 0.1) is 9.82 Å². The monoisotopic (exact) mass is 433 g/mol. The van der Waals surface area contributed by atoms with Crippen molar-refractivity contribution in [2.75, 3.05) is 5.32 Å². The molecule has 0 saturated heterocycles. The molecule has 1 N–H and O–H groups in total. The quantitative estimate of drug-likeness (QED) is 0.467. The number of carbonyl (C=O) groups is 1. The molecule has 0 fully saturated rings. The smallest absolute Gasteiger partial charge is 0.285 e. The zero-order valence-corrected chi connectivity index (χ0v) is 16.7. The molecule has 3 aromatic rings. The molecular weight excluding hydrogens is 418 g/mol. The number of aromatic nitrogens is 2. The van der Waals surface area contributed by atoms with Crippen molar-refractivity contribution in [2.24, 2.45) is 4.40 Å². The molecule has 12 heteroatoms. The summed E-state index contributed by atoms with van der Waals surface area (Å²) in [5, 5.41) is 17.2. The van der Waals surface area contributed by atoms with Gasteiger partial charge in [-0.15, -0.1) is 4.40 Å². The molecule has 150 valence electrons. The molecule has 0 radical (unpaired) electrons. The predicted molar refractivity (Wildman–Crippen MR) is 106 cm³/mol. The lowest BCUT2D eigenvalue weighted by Gasteiger charge is -2.05. The van der Waals surface area contributed by atoms with E-state index in [0.717, 1.165) is 21.6 Å². The number of nitrogens with one attached hydrogen (secondary N) is 1. The Bertz CT molecular complexity index is 1210. The van der Waals surface area contributed by atoms with Crippen molar-refractivity contribution in [3.63, 3.8) is 0 Å². The van der Waals surface area contributed by atoms with Crippen LogP contribution >= 0.6 is 11.3 Å². The maximum absolute atomic E-state index is 12.5. The first kappa shape index (κ1) is 20.4. The molecule has 2 aromatic carbocycles. The molecule has 0 aliphatic heterocycles. The maximum atomic E-state index is 12.5. The van der Waals surface area contributed by atoms with E-state index in [9.17, 15) is 23.3 Å². The third-order valence-electron chi connectivity index (χ3n) is 3.74. The summed E-state index contributed by atoms with van der Waals surface area (Å²) in [5.74, 6) is -0.487. The number of nitro benzene ring substituents is 1. The van der Waals surface area contributed by atoms with Crippen LogP contribution in [0.25, 0.3) is 0 Å². The summed E-state index contributed by atoms with van der Waals surface area (Å²) in [6.45, 7) is 1.57. The summed E-state index contributed by atoms with van der Waals surface area (Å²) in [6.07, 6.45) is 0. The molecule has 1 amide bonds. The van der Waals surface area contributed by atoms with Crippen molar-refractivity contribution in [1.29, 1.82) is 0 Å². The number of benzene rings is 2. The van der Waals surface area contributed by atoms with E-state index in [1.54, 1.807) is 12.1 Å².